The smallest absolute Gasteiger partial charge is 0.259 e. The Morgan fingerprint density at radius 2 is 1.94 bits per heavy atom. The summed E-state index contributed by atoms with van der Waals surface area (Å²) in [5.74, 6) is 0.351. The third-order valence-electron chi connectivity index (χ3n) is 2.91. The number of benzene rings is 1. The van der Waals surface area contributed by atoms with E-state index >= 15 is 0 Å². The van der Waals surface area contributed by atoms with Crippen LogP contribution in [0.2, 0.25) is 0 Å². The van der Waals surface area contributed by atoms with E-state index < -0.39 is 0 Å². The Kier molecular flexibility index (Phi) is 3.46. The lowest BCUT2D eigenvalue weighted by Crippen LogP contribution is -2.12. The van der Waals surface area contributed by atoms with Gasteiger partial charge in [0.05, 0.1) is 11.8 Å². The van der Waals surface area contributed by atoms with Crippen molar-refractivity contribution < 1.29 is 4.79 Å². The molecule has 0 fully saturated rings. The van der Waals surface area contributed by atoms with Gasteiger partial charge in [0.2, 0.25) is 0 Å². The third kappa shape index (κ3) is 2.59. The van der Waals surface area contributed by atoms with Crippen LogP contribution in [-0.4, -0.2) is 16.1 Å². The van der Waals surface area contributed by atoms with Gasteiger partial charge in [-0.3, -0.25) is 9.89 Å². The first-order valence-corrected chi connectivity index (χ1v) is 5.99. The van der Waals surface area contributed by atoms with Crippen LogP contribution in [0, 0.1) is 6.92 Å². The molecule has 2 aromatic rings. The van der Waals surface area contributed by atoms with Gasteiger partial charge < -0.3 is 5.32 Å². The zero-order valence-electron chi connectivity index (χ0n) is 10.8. The fourth-order valence-corrected chi connectivity index (χ4v) is 1.73. The number of rotatable bonds is 3. The van der Waals surface area contributed by atoms with Crippen LogP contribution >= 0.6 is 0 Å². The van der Waals surface area contributed by atoms with Gasteiger partial charge in [-0.1, -0.05) is 26.0 Å². The van der Waals surface area contributed by atoms with E-state index in [2.05, 4.69) is 29.4 Å². The highest BCUT2D eigenvalue weighted by molar-refractivity contribution is 6.04. The molecule has 4 nitrogen and oxygen atoms in total. The summed E-state index contributed by atoms with van der Waals surface area (Å²) in [6.45, 7) is 6.11. The van der Waals surface area contributed by atoms with E-state index in [0.717, 1.165) is 11.4 Å². The third-order valence-corrected chi connectivity index (χ3v) is 2.91. The molecule has 1 aromatic heterocycles. The van der Waals surface area contributed by atoms with Gasteiger partial charge in [0.1, 0.15) is 0 Å². The topological polar surface area (TPSA) is 57.8 Å². The van der Waals surface area contributed by atoms with Crippen molar-refractivity contribution in [1.82, 2.24) is 10.2 Å². The lowest BCUT2D eigenvalue weighted by Gasteiger charge is -2.08. The normalized spacial score (nSPS) is 10.7. The van der Waals surface area contributed by atoms with E-state index in [-0.39, 0.29) is 5.91 Å². The van der Waals surface area contributed by atoms with Gasteiger partial charge in [-0.2, -0.15) is 5.10 Å². The van der Waals surface area contributed by atoms with Crippen LogP contribution in [0.25, 0.3) is 0 Å². The number of carbonyl (C=O) groups is 1. The van der Waals surface area contributed by atoms with Crippen molar-refractivity contribution in [2.24, 2.45) is 0 Å². The molecule has 1 aromatic carbocycles. The van der Waals surface area contributed by atoms with Crippen LogP contribution in [-0.2, 0) is 0 Å². The summed E-state index contributed by atoms with van der Waals surface area (Å²) in [6, 6.07) is 7.90. The maximum absolute atomic E-state index is 11.9. The van der Waals surface area contributed by atoms with Gasteiger partial charge in [0.15, 0.2) is 0 Å². The summed E-state index contributed by atoms with van der Waals surface area (Å²) in [5.41, 5.74) is 3.40. The molecule has 2 rings (SSSR count). The van der Waals surface area contributed by atoms with E-state index in [1.807, 2.05) is 31.2 Å². The Hall–Kier alpha value is -2.10. The van der Waals surface area contributed by atoms with Gasteiger partial charge in [-0.05, 0) is 30.5 Å². The highest BCUT2D eigenvalue weighted by atomic mass is 16.1. The minimum Gasteiger partial charge on any atom is -0.322 e. The Morgan fingerprint density at radius 1 is 1.28 bits per heavy atom. The molecule has 94 valence electrons. The number of H-pyrrole nitrogens is 1. The predicted octanol–water partition coefficient (Wildman–Crippen LogP) is 3.09. The lowest BCUT2D eigenvalue weighted by molar-refractivity contribution is 0.102. The van der Waals surface area contributed by atoms with Crippen molar-refractivity contribution in [2.45, 2.75) is 26.7 Å². The van der Waals surface area contributed by atoms with Crippen molar-refractivity contribution in [1.29, 1.82) is 0 Å². The van der Waals surface area contributed by atoms with Crippen molar-refractivity contribution >= 4 is 11.6 Å². The number of nitrogens with zero attached hydrogens (tertiary/aromatic N) is 1. The highest BCUT2D eigenvalue weighted by Gasteiger charge is 2.10. The van der Waals surface area contributed by atoms with Crippen LogP contribution in [0.15, 0.2) is 30.5 Å². The molecule has 1 heterocycles. The molecule has 18 heavy (non-hydrogen) atoms. The Labute approximate surface area is 106 Å². The zero-order chi connectivity index (χ0) is 13.1. The van der Waals surface area contributed by atoms with Crippen LogP contribution < -0.4 is 5.32 Å². The predicted molar refractivity (Wildman–Crippen MR) is 71.8 cm³/mol. The second-order valence-electron chi connectivity index (χ2n) is 4.64. The van der Waals surface area contributed by atoms with Crippen molar-refractivity contribution in [3.63, 3.8) is 0 Å². The average molecular weight is 243 g/mol. The van der Waals surface area contributed by atoms with E-state index in [4.69, 9.17) is 0 Å². The van der Waals surface area contributed by atoms with Crippen LogP contribution in [0.3, 0.4) is 0 Å². The molecule has 0 aliphatic carbocycles. The number of amides is 1. The molecule has 0 aliphatic heterocycles. The van der Waals surface area contributed by atoms with Crippen LogP contribution in [0.1, 0.15) is 41.4 Å². The Balaban J connectivity index is 2.10. The number of nitrogens with one attached hydrogen (secondary N) is 2. The molecule has 0 bridgehead atoms. The average Bonchev–Trinajstić information content (AvgIpc) is 2.76. The molecule has 4 heteroatoms. The lowest BCUT2D eigenvalue weighted by atomic mass is 10.0. The monoisotopic (exact) mass is 243 g/mol. The molecule has 0 aliphatic rings. The molecular weight excluding hydrogens is 226 g/mol. The molecule has 0 unspecified atom stereocenters. The summed E-state index contributed by atoms with van der Waals surface area (Å²) in [6.07, 6.45) is 1.53. The summed E-state index contributed by atoms with van der Waals surface area (Å²) in [7, 11) is 0. The minimum absolute atomic E-state index is 0.140. The van der Waals surface area contributed by atoms with Crippen LogP contribution in [0.5, 0.6) is 0 Å². The van der Waals surface area contributed by atoms with Crippen LogP contribution in [0.4, 0.5) is 5.69 Å². The van der Waals surface area contributed by atoms with Gasteiger partial charge in [0, 0.05) is 11.4 Å². The maximum Gasteiger partial charge on any atom is 0.259 e. The minimum atomic E-state index is -0.140. The molecule has 1 amide bonds. The fraction of sp³-hybridized carbons (Fsp3) is 0.286. The Bertz CT molecular complexity index is 540. The molecule has 0 spiro atoms. The number of anilines is 1. The molecule has 0 atom stereocenters. The first-order chi connectivity index (χ1) is 8.58. The number of hydrogen-bond donors (Lipinski definition) is 2. The summed E-state index contributed by atoms with van der Waals surface area (Å²) >= 11 is 0. The number of carbonyl (C=O) groups excluding carboxylic acids is 1. The molecule has 0 saturated heterocycles. The van der Waals surface area contributed by atoms with E-state index in [1.165, 1.54) is 11.8 Å². The maximum atomic E-state index is 11.9. The highest BCUT2D eigenvalue weighted by Crippen LogP contribution is 2.17. The van der Waals surface area contributed by atoms with E-state index in [9.17, 15) is 4.79 Å². The summed E-state index contributed by atoms with van der Waals surface area (Å²) in [5, 5.41) is 9.44. The van der Waals surface area contributed by atoms with Gasteiger partial charge >= 0.3 is 0 Å². The summed E-state index contributed by atoms with van der Waals surface area (Å²) < 4.78 is 0. The largest absolute Gasteiger partial charge is 0.322 e. The van der Waals surface area contributed by atoms with Crippen molar-refractivity contribution in [2.75, 3.05) is 5.32 Å². The number of aryl methyl sites for hydroxylation is 1. The summed E-state index contributed by atoms with van der Waals surface area (Å²) in [4.78, 5) is 11.9. The SMILES string of the molecule is Cc1[nH]ncc1C(=O)Nc1ccc(C(C)C)cc1. The zero-order valence-corrected chi connectivity index (χ0v) is 10.8. The first-order valence-electron chi connectivity index (χ1n) is 5.99. The second kappa shape index (κ2) is 5.04. The van der Waals surface area contributed by atoms with Gasteiger partial charge in [-0.15, -0.1) is 0 Å². The number of hydrogen-bond acceptors (Lipinski definition) is 2. The van der Waals surface area contributed by atoms with Crippen molar-refractivity contribution in [3.8, 4) is 0 Å². The second-order valence-corrected chi connectivity index (χ2v) is 4.64. The van der Waals surface area contributed by atoms with E-state index in [0.29, 0.717) is 11.5 Å². The molecule has 0 saturated carbocycles. The molecule has 0 radical (unpaired) electrons. The fourth-order valence-electron chi connectivity index (χ4n) is 1.73. The van der Waals surface area contributed by atoms with E-state index in [1.54, 1.807) is 0 Å². The van der Waals surface area contributed by atoms with Crippen molar-refractivity contribution in [3.05, 3.63) is 47.3 Å². The first kappa shape index (κ1) is 12.4. The number of aromatic amines is 1. The van der Waals surface area contributed by atoms with Gasteiger partial charge in [-0.25, -0.2) is 0 Å². The van der Waals surface area contributed by atoms with Gasteiger partial charge in [0.25, 0.3) is 5.91 Å². The standard InChI is InChI=1S/C14H17N3O/c1-9(2)11-4-6-12(7-5-11)16-14(18)13-8-15-17-10(13)3/h4-9H,1-3H3,(H,15,17)(H,16,18). The Morgan fingerprint density at radius 3 is 2.44 bits per heavy atom. The number of aromatic nitrogens is 2. The quantitative estimate of drug-likeness (QED) is 0.870. The molecule has 2 N–H and O–H groups in total. The molecular formula is C14H17N3O.